The van der Waals surface area contributed by atoms with E-state index in [2.05, 4.69) is 38.0 Å². The molecule has 0 aromatic carbocycles. The minimum atomic E-state index is 0.754. The second-order valence-corrected chi connectivity index (χ2v) is 7.33. The minimum absolute atomic E-state index is 0.754. The Bertz CT molecular complexity index is 429. The second-order valence-electron chi connectivity index (χ2n) is 7.33. The van der Waals surface area contributed by atoms with Gasteiger partial charge < -0.3 is 4.90 Å². The summed E-state index contributed by atoms with van der Waals surface area (Å²) < 4.78 is 0. The van der Waals surface area contributed by atoms with Crippen molar-refractivity contribution in [1.82, 2.24) is 4.90 Å². The van der Waals surface area contributed by atoms with Gasteiger partial charge in [0, 0.05) is 12.2 Å². The van der Waals surface area contributed by atoms with Gasteiger partial charge >= 0.3 is 0 Å². The molecule has 0 spiro atoms. The number of nitrogens with zero attached hydrogens (tertiary/aromatic N) is 1. The van der Waals surface area contributed by atoms with Crippen LogP contribution in [0.15, 0.2) is 36.7 Å². The average Bonchev–Trinajstić information content (AvgIpc) is 3.29. The van der Waals surface area contributed by atoms with E-state index in [1.165, 1.54) is 37.8 Å². The summed E-state index contributed by atoms with van der Waals surface area (Å²) in [5, 5.41) is 0. The van der Waals surface area contributed by atoms with Crippen molar-refractivity contribution in [2.24, 2.45) is 29.6 Å². The van der Waals surface area contributed by atoms with E-state index in [-0.39, 0.29) is 0 Å². The molecule has 0 aliphatic heterocycles. The molecule has 0 amide bonds. The number of rotatable bonds is 6. The van der Waals surface area contributed by atoms with Crippen LogP contribution in [0.25, 0.3) is 0 Å². The summed E-state index contributed by atoms with van der Waals surface area (Å²) in [6.45, 7) is 14.1. The summed E-state index contributed by atoms with van der Waals surface area (Å²) in [5.74, 6) is 4.28. The van der Waals surface area contributed by atoms with Crippen molar-refractivity contribution in [3.05, 3.63) is 36.7 Å². The Balaban J connectivity index is 1.53. The van der Waals surface area contributed by atoms with Gasteiger partial charge in [0.1, 0.15) is 0 Å². The summed E-state index contributed by atoms with van der Waals surface area (Å²) in [5.41, 5.74) is 2.92. The van der Waals surface area contributed by atoms with Crippen molar-refractivity contribution >= 4 is 0 Å². The van der Waals surface area contributed by atoms with Crippen LogP contribution < -0.4 is 0 Å². The van der Waals surface area contributed by atoms with Crippen LogP contribution in [0.5, 0.6) is 0 Å². The van der Waals surface area contributed by atoms with Crippen molar-refractivity contribution in [3.63, 3.8) is 0 Å². The van der Waals surface area contributed by atoms with E-state index in [1.807, 2.05) is 6.20 Å². The second kappa shape index (κ2) is 5.42. The molecule has 110 valence electrons. The maximum Gasteiger partial charge on any atom is 0.0253 e. The third-order valence-corrected chi connectivity index (χ3v) is 5.69. The standard InChI is InChI=1S/C19H29N/c1-5-20(15(4)16-7-8-16)12-17-11-19(17)18-9-6-13(2)10-14(18)3/h5,10,14,16-19H,1,4,6-9,11-12H2,2-3H3. The number of hydrogen-bond acceptors (Lipinski definition) is 1. The topological polar surface area (TPSA) is 3.24 Å². The molecule has 3 rings (SSSR count). The van der Waals surface area contributed by atoms with Gasteiger partial charge in [-0.2, -0.15) is 0 Å². The molecule has 20 heavy (non-hydrogen) atoms. The summed E-state index contributed by atoms with van der Waals surface area (Å²) in [6.07, 6.45) is 11.3. The molecule has 1 heteroatoms. The van der Waals surface area contributed by atoms with Crippen molar-refractivity contribution in [3.8, 4) is 0 Å². The molecule has 0 aromatic heterocycles. The van der Waals surface area contributed by atoms with E-state index >= 15 is 0 Å². The molecule has 3 aliphatic carbocycles. The zero-order valence-electron chi connectivity index (χ0n) is 13.1. The summed E-state index contributed by atoms with van der Waals surface area (Å²) in [6, 6.07) is 0. The summed E-state index contributed by atoms with van der Waals surface area (Å²) in [7, 11) is 0. The first-order valence-corrected chi connectivity index (χ1v) is 8.35. The van der Waals surface area contributed by atoms with Crippen LogP contribution in [0.4, 0.5) is 0 Å². The average molecular weight is 271 g/mol. The first-order valence-electron chi connectivity index (χ1n) is 8.35. The molecule has 2 fully saturated rings. The largest absolute Gasteiger partial charge is 0.352 e. The van der Waals surface area contributed by atoms with E-state index in [1.54, 1.807) is 5.57 Å². The van der Waals surface area contributed by atoms with Gasteiger partial charge in [0.05, 0.1) is 0 Å². The fourth-order valence-electron chi connectivity index (χ4n) is 4.14. The zero-order valence-corrected chi connectivity index (χ0v) is 13.1. The lowest BCUT2D eigenvalue weighted by Crippen LogP contribution is -2.23. The molecule has 0 aromatic rings. The highest BCUT2D eigenvalue weighted by molar-refractivity contribution is 5.13. The third kappa shape index (κ3) is 2.87. The van der Waals surface area contributed by atoms with E-state index in [4.69, 9.17) is 0 Å². The van der Waals surface area contributed by atoms with E-state index in [9.17, 15) is 0 Å². The van der Waals surface area contributed by atoms with Gasteiger partial charge in [0.15, 0.2) is 0 Å². The highest BCUT2D eigenvalue weighted by atomic mass is 15.1. The van der Waals surface area contributed by atoms with Crippen LogP contribution in [0.3, 0.4) is 0 Å². The molecule has 2 saturated carbocycles. The smallest absolute Gasteiger partial charge is 0.0253 e. The molecule has 0 N–H and O–H groups in total. The van der Waals surface area contributed by atoms with Gasteiger partial charge in [-0.3, -0.25) is 0 Å². The normalized spacial score (nSPS) is 36.2. The van der Waals surface area contributed by atoms with Crippen LogP contribution in [0.1, 0.15) is 46.0 Å². The van der Waals surface area contributed by atoms with Crippen LogP contribution in [-0.2, 0) is 0 Å². The Morgan fingerprint density at radius 3 is 2.70 bits per heavy atom. The zero-order chi connectivity index (χ0) is 14.3. The maximum absolute atomic E-state index is 4.28. The van der Waals surface area contributed by atoms with E-state index in [0.717, 1.165) is 36.1 Å². The first kappa shape index (κ1) is 14.0. The molecule has 0 saturated heterocycles. The van der Waals surface area contributed by atoms with Crippen LogP contribution in [0.2, 0.25) is 0 Å². The molecule has 0 heterocycles. The van der Waals surface area contributed by atoms with E-state index < -0.39 is 0 Å². The number of hydrogen-bond donors (Lipinski definition) is 0. The lowest BCUT2D eigenvalue weighted by Gasteiger charge is -2.28. The Kier molecular flexibility index (Phi) is 3.79. The molecular weight excluding hydrogens is 242 g/mol. The molecule has 4 atom stereocenters. The van der Waals surface area contributed by atoms with Crippen molar-refractivity contribution in [2.75, 3.05) is 6.54 Å². The lowest BCUT2D eigenvalue weighted by molar-refractivity contribution is 0.298. The molecule has 3 aliphatic rings. The summed E-state index contributed by atoms with van der Waals surface area (Å²) >= 11 is 0. The number of allylic oxidation sites excluding steroid dienone is 3. The van der Waals surface area contributed by atoms with Crippen molar-refractivity contribution in [1.29, 1.82) is 0 Å². The van der Waals surface area contributed by atoms with Gasteiger partial charge in [-0.25, -0.2) is 0 Å². The van der Waals surface area contributed by atoms with Crippen LogP contribution in [0, 0.1) is 29.6 Å². The summed E-state index contributed by atoms with van der Waals surface area (Å²) in [4.78, 5) is 2.34. The molecular formula is C19H29N. The van der Waals surface area contributed by atoms with Crippen molar-refractivity contribution < 1.29 is 0 Å². The highest BCUT2D eigenvalue weighted by Gasteiger charge is 2.45. The Morgan fingerprint density at radius 1 is 1.35 bits per heavy atom. The monoisotopic (exact) mass is 271 g/mol. The lowest BCUT2D eigenvalue weighted by atomic mass is 9.78. The van der Waals surface area contributed by atoms with Crippen LogP contribution >= 0.6 is 0 Å². The SMILES string of the molecule is C=CN(CC1CC1C1CCC(C)=CC1C)C(=C)C1CC1. The molecule has 0 bridgehead atoms. The van der Waals surface area contributed by atoms with Crippen molar-refractivity contribution in [2.45, 2.75) is 46.0 Å². The molecule has 4 unspecified atom stereocenters. The quantitative estimate of drug-likeness (QED) is 0.616. The van der Waals surface area contributed by atoms with Gasteiger partial charge in [-0.1, -0.05) is 31.7 Å². The molecule has 1 nitrogen and oxygen atoms in total. The first-order chi connectivity index (χ1) is 9.60. The fraction of sp³-hybridized carbons (Fsp3) is 0.684. The maximum atomic E-state index is 4.28. The Labute approximate surface area is 124 Å². The Morgan fingerprint density at radius 2 is 2.10 bits per heavy atom. The van der Waals surface area contributed by atoms with Gasteiger partial charge in [-0.05, 0) is 74.8 Å². The predicted octanol–water partition coefficient (Wildman–Crippen LogP) is 4.98. The molecule has 0 radical (unpaired) electrons. The van der Waals surface area contributed by atoms with Crippen LogP contribution in [-0.4, -0.2) is 11.4 Å². The fourth-order valence-corrected chi connectivity index (χ4v) is 4.14. The van der Waals surface area contributed by atoms with E-state index in [0.29, 0.717) is 0 Å². The van der Waals surface area contributed by atoms with Gasteiger partial charge in [0.2, 0.25) is 0 Å². The van der Waals surface area contributed by atoms with Gasteiger partial charge in [0.25, 0.3) is 0 Å². The highest BCUT2D eigenvalue weighted by Crippen LogP contribution is 2.51. The Hall–Kier alpha value is -0.980. The third-order valence-electron chi connectivity index (χ3n) is 5.69. The minimum Gasteiger partial charge on any atom is -0.352 e. The predicted molar refractivity (Wildman–Crippen MR) is 86.0 cm³/mol. The van der Waals surface area contributed by atoms with Gasteiger partial charge in [-0.15, -0.1) is 0 Å².